The first kappa shape index (κ1) is 66.3. The van der Waals surface area contributed by atoms with Gasteiger partial charge < -0.3 is 33.2 Å². The van der Waals surface area contributed by atoms with E-state index < -0.39 is 5.97 Å². The van der Waals surface area contributed by atoms with E-state index in [2.05, 4.69) is 20.4 Å². The summed E-state index contributed by atoms with van der Waals surface area (Å²) in [5.41, 5.74) is 4.49. The second-order valence-corrected chi connectivity index (χ2v) is 24.0. The monoisotopic (exact) mass is 1200 g/mol. The Balaban J connectivity index is 0.749. The van der Waals surface area contributed by atoms with Crippen molar-refractivity contribution in [3.63, 3.8) is 0 Å². The Labute approximate surface area is 520 Å². The van der Waals surface area contributed by atoms with Crippen molar-refractivity contribution >= 4 is 51.4 Å². The van der Waals surface area contributed by atoms with E-state index in [0.717, 1.165) is 102 Å². The van der Waals surface area contributed by atoms with Crippen molar-refractivity contribution in [2.24, 2.45) is 0 Å². The van der Waals surface area contributed by atoms with Gasteiger partial charge in [0, 0.05) is 67.0 Å². The van der Waals surface area contributed by atoms with Gasteiger partial charge in [-0.3, -0.25) is 29.1 Å². The molecule has 0 spiro atoms. The van der Waals surface area contributed by atoms with Crippen LogP contribution in [0.5, 0.6) is 28.7 Å². The summed E-state index contributed by atoms with van der Waals surface area (Å²) in [7, 11) is 0. The molecule has 1 fully saturated rings. The van der Waals surface area contributed by atoms with Crippen LogP contribution in [-0.2, 0) is 52.7 Å². The quantitative estimate of drug-likeness (QED) is 0.00676. The van der Waals surface area contributed by atoms with E-state index in [1.807, 2.05) is 78.9 Å². The van der Waals surface area contributed by atoms with Crippen LogP contribution >= 0.6 is 0 Å². The average Bonchev–Trinajstić information content (AvgIpc) is 1.81. The molecule has 1 atom stereocenters. The molecule has 88 heavy (non-hydrogen) atoms. The van der Waals surface area contributed by atoms with Crippen LogP contribution in [0.15, 0.2) is 133 Å². The van der Waals surface area contributed by atoms with Crippen LogP contribution in [0.2, 0.25) is 0 Å². The van der Waals surface area contributed by atoms with Crippen LogP contribution in [0.25, 0.3) is 21.7 Å². The first-order valence-electron chi connectivity index (χ1n) is 32.3. The number of rotatable bonds is 41. The number of amides is 2. The van der Waals surface area contributed by atoms with E-state index in [4.69, 9.17) is 38.1 Å². The summed E-state index contributed by atoms with van der Waals surface area (Å²) in [6.45, 7) is 12.1. The number of esters is 3. The SMILES string of the molecule is C=C(C)C(=O)Oc1ccc(Cc2nc3cc(OC(=O)CCc4ccc(OCCCCCCCCCCCCN5C(=O)C=CC5=O)cc4)ccc3c3ccc(OC(=O)CCc4ccc(OCCCCCCCCCCCCOC5OC5(C)C)cc4)cc23)cc1. The minimum Gasteiger partial charge on any atom is -0.494 e. The normalized spacial score (nSPS) is 14.2. The molecule has 1 unspecified atom stereocenters. The maximum absolute atomic E-state index is 13.3. The number of imide groups is 1. The molecule has 2 amide bonds. The highest BCUT2D eigenvalue weighted by Gasteiger charge is 2.49. The van der Waals surface area contributed by atoms with Gasteiger partial charge in [-0.1, -0.05) is 146 Å². The summed E-state index contributed by atoms with van der Waals surface area (Å²) >= 11 is 0. The lowest BCUT2D eigenvalue weighted by Gasteiger charge is -2.13. The Bertz CT molecular complexity index is 3260. The topological polar surface area (TPSA) is 169 Å². The molecule has 1 aromatic heterocycles. The molecular formula is C74H90N2O12. The molecular weight excluding hydrogens is 1110 g/mol. The Morgan fingerprint density at radius 2 is 0.920 bits per heavy atom. The summed E-state index contributed by atoms with van der Waals surface area (Å²) in [6.07, 6.45) is 27.8. The molecule has 0 aliphatic carbocycles. The number of aromatic nitrogens is 1. The van der Waals surface area contributed by atoms with Crippen molar-refractivity contribution in [1.82, 2.24) is 9.88 Å². The number of carbonyl (C=O) groups excluding carboxylic acids is 5. The minimum atomic E-state index is -0.502. The number of nitrogens with zero attached hydrogens (tertiary/aromatic N) is 2. The number of benzene rings is 5. The Hall–Kier alpha value is -7.68. The van der Waals surface area contributed by atoms with Crippen molar-refractivity contribution < 1.29 is 57.1 Å². The number of ether oxygens (including phenoxy) is 7. The first-order chi connectivity index (χ1) is 42.8. The highest BCUT2D eigenvalue weighted by Crippen LogP contribution is 2.36. The standard InChI is InChI=1S/C74H90N2O12/c1-54(2)72(81)87-60-37-29-57(30-38-60)51-66-65-52-61(85-70(79)45-31-55-25-33-58(34-26-55)82-49-23-19-15-11-7-8-12-16-20-24-50-84-73-74(3,4)88-73)39-41-63(65)64-42-40-62(53-67(64)75-66)86-71(80)46-32-56-27-35-59(36-28-56)83-48-22-18-14-10-6-5-9-13-17-21-47-76-68(77)43-44-69(76)78/h25-30,33-44,52-53,73H,1,5-24,31-32,45-51H2,2-4H3. The van der Waals surface area contributed by atoms with Crippen LogP contribution < -0.4 is 23.7 Å². The van der Waals surface area contributed by atoms with Crippen LogP contribution in [0, 0.1) is 0 Å². The van der Waals surface area contributed by atoms with Crippen LogP contribution in [-0.4, -0.2) is 77.9 Å². The second-order valence-electron chi connectivity index (χ2n) is 24.0. The number of hydrogen-bond acceptors (Lipinski definition) is 13. The smallest absolute Gasteiger partial charge is 0.338 e. The lowest BCUT2D eigenvalue weighted by molar-refractivity contribution is -0.137. The summed E-state index contributed by atoms with van der Waals surface area (Å²) in [4.78, 5) is 68.6. The van der Waals surface area contributed by atoms with Gasteiger partial charge >= 0.3 is 17.9 Å². The lowest BCUT2D eigenvalue weighted by Crippen LogP contribution is -2.30. The fourth-order valence-electron chi connectivity index (χ4n) is 10.8. The van der Waals surface area contributed by atoms with Crippen molar-refractivity contribution in [3.05, 3.63) is 156 Å². The molecule has 6 aromatic rings. The van der Waals surface area contributed by atoms with Gasteiger partial charge in [-0.05, 0) is 148 Å². The summed E-state index contributed by atoms with van der Waals surface area (Å²) in [5, 5.41) is 2.54. The van der Waals surface area contributed by atoms with Gasteiger partial charge in [0.05, 0.1) is 24.4 Å². The number of carbonyl (C=O) groups is 5. The zero-order chi connectivity index (χ0) is 61.9. The zero-order valence-corrected chi connectivity index (χ0v) is 52.1. The van der Waals surface area contributed by atoms with E-state index in [1.165, 1.54) is 94.1 Å². The highest BCUT2D eigenvalue weighted by molar-refractivity contribution is 6.13. The second kappa shape index (κ2) is 34.8. The molecule has 0 radical (unpaired) electrons. The summed E-state index contributed by atoms with van der Waals surface area (Å²) in [5.74, 6) is 1.22. The molecule has 14 nitrogen and oxygen atoms in total. The molecule has 1 saturated heterocycles. The Morgan fingerprint density at radius 3 is 1.41 bits per heavy atom. The highest BCUT2D eigenvalue weighted by atomic mass is 16.8. The van der Waals surface area contributed by atoms with Gasteiger partial charge in [-0.25, -0.2) is 4.79 Å². The largest absolute Gasteiger partial charge is 0.494 e. The molecule has 3 heterocycles. The number of fused-ring (bicyclic) bond motifs is 3. The third kappa shape index (κ3) is 22.2. The van der Waals surface area contributed by atoms with Gasteiger partial charge in [0.1, 0.15) is 34.3 Å². The molecule has 468 valence electrons. The van der Waals surface area contributed by atoms with Crippen LogP contribution in [0.4, 0.5) is 0 Å². The molecule has 0 bridgehead atoms. The van der Waals surface area contributed by atoms with Crippen molar-refractivity contribution in [1.29, 1.82) is 0 Å². The molecule has 8 rings (SSSR count). The first-order valence-corrected chi connectivity index (χ1v) is 32.3. The van der Waals surface area contributed by atoms with E-state index in [9.17, 15) is 24.0 Å². The average molecular weight is 1200 g/mol. The van der Waals surface area contributed by atoms with Crippen molar-refractivity contribution in [3.8, 4) is 28.7 Å². The summed E-state index contributed by atoms with van der Waals surface area (Å²) in [6, 6.07) is 34.1. The molecule has 2 aliphatic rings. The predicted octanol–water partition coefficient (Wildman–Crippen LogP) is 16.2. The van der Waals surface area contributed by atoms with E-state index in [0.29, 0.717) is 73.1 Å². The maximum Gasteiger partial charge on any atom is 0.338 e. The number of hydrogen-bond donors (Lipinski definition) is 0. The predicted molar refractivity (Wildman–Crippen MR) is 344 cm³/mol. The number of pyridine rings is 1. The third-order valence-electron chi connectivity index (χ3n) is 16.2. The van der Waals surface area contributed by atoms with Crippen molar-refractivity contribution in [2.75, 3.05) is 26.4 Å². The zero-order valence-electron chi connectivity index (χ0n) is 52.1. The number of aryl methyl sites for hydroxylation is 2. The molecule has 2 aliphatic heterocycles. The number of epoxide rings is 1. The van der Waals surface area contributed by atoms with Gasteiger partial charge in [0.25, 0.3) is 11.8 Å². The van der Waals surface area contributed by atoms with E-state index in [1.54, 1.807) is 37.3 Å². The number of unbranched alkanes of at least 4 members (excludes halogenated alkanes) is 18. The Kier molecular flexibility index (Phi) is 26.2. The molecule has 0 saturated carbocycles. The van der Waals surface area contributed by atoms with Gasteiger partial charge in [0.15, 0.2) is 6.29 Å². The lowest BCUT2D eigenvalue weighted by atomic mass is 9.99. The summed E-state index contributed by atoms with van der Waals surface area (Å²) < 4.78 is 40.5. The third-order valence-corrected chi connectivity index (χ3v) is 16.2. The van der Waals surface area contributed by atoms with Gasteiger partial charge in [0.2, 0.25) is 0 Å². The maximum atomic E-state index is 13.3. The Morgan fingerprint density at radius 1 is 0.500 bits per heavy atom. The molecule has 0 N–H and O–H groups in total. The fraction of sp³-hybridized carbons (Fsp3) is 0.459. The van der Waals surface area contributed by atoms with E-state index >= 15 is 0 Å². The van der Waals surface area contributed by atoms with Gasteiger partial charge in [-0.15, -0.1) is 0 Å². The van der Waals surface area contributed by atoms with Crippen LogP contribution in [0.3, 0.4) is 0 Å². The molecule has 14 heteroatoms. The van der Waals surface area contributed by atoms with E-state index in [-0.39, 0.29) is 48.5 Å². The van der Waals surface area contributed by atoms with Crippen molar-refractivity contribution in [2.45, 2.75) is 193 Å². The minimum absolute atomic E-state index is 0.00890. The fourth-order valence-corrected chi connectivity index (χ4v) is 10.8. The molecule has 5 aromatic carbocycles. The van der Waals surface area contributed by atoms with Crippen LogP contribution in [0.1, 0.15) is 184 Å². The van der Waals surface area contributed by atoms with Gasteiger partial charge in [-0.2, -0.15) is 0 Å².